The fraction of sp³-hybridized carbons (Fsp3) is 0.194. The van der Waals surface area contributed by atoms with Gasteiger partial charge in [-0.1, -0.05) is 36.1 Å². The first-order valence-corrected chi connectivity index (χ1v) is 14.6. The molecule has 41 heavy (non-hydrogen) atoms. The van der Waals surface area contributed by atoms with Gasteiger partial charge in [0, 0.05) is 58.6 Å². The fourth-order valence-corrected chi connectivity index (χ4v) is 5.62. The number of anilines is 1. The minimum atomic E-state index is -3.06. The third kappa shape index (κ3) is 8.22. The van der Waals surface area contributed by atoms with Crippen molar-refractivity contribution in [3.8, 4) is 11.8 Å². The van der Waals surface area contributed by atoms with Crippen molar-refractivity contribution in [2.75, 3.05) is 30.8 Å². The van der Waals surface area contributed by atoms with Crippen molar-refractivity contribution < 1.29 is 23.3 Å². The van der Waals surface area contributed by atoms with Crippen LogP contribution in [0, 0.1) is 18.8 Å². The fourth-order valence-electron chi connectivity index (χ4n) is 3.81. The zero-order valence-electron chi connectivity index (χ0n) is 22.5. The molecule has 0 aliphatic rings. The average Bonchev–Trinajstić information content (AvgIpc) is 3.43. The first-order valence-electron chi connectivity index (χ1n) is 13.0. The summed E-state index contributed by atoms with van der Waals surface area (Å²) < 4.78 is 23.2. The number of hydrogen-bond donors (Lipinski definition) is 3. The number of aliphatic hydroxyl groups is 1. The van der Waals surface area contributed by atoms with E-state index >= 15 is 0 Å². The Balaban J connectivity index is 1.52. The average molecular weight is 571 g/mol. The van der Waals surface area contributed by atoms with Gasteiger partial charge in [-0.3, -0.25) is 14.6 Å². The minimum Gasteiger partial charge on any atom is -0.459 e. The zero-order valence-corrected chi connectivity index (χ0v) is 23.3. The summed E-state index contributed by atoms with van der Waals surface area (Å²) in [6.07, 6.45) is 4.93. The van der Waals surface area contributed by atoms with Gasteiger partial charge in [-0.25, -0.2) is 4.21 Å². The maximum absolute atomic E-state index is 13.8. The Hall–Kier alpha value is -4.56. The van der Waals surface area contributed by atoms with Crippen molar-refractivity contribution in [1.29, 1.82) is 0 Å². The maximum atomic E-state index is 13.8. The molecule has 0 aliphatic heterocycles. The molecule has 2 heterocycles. The first kappa shape index (κ1) is 29.4. The number of aryl methyl sites for hydroxylation is 1. The van der Waals surface area contributed by atoms with Gasteiger partial charge in [-0.15, -0.1) is 0 Å². The van der Waals surface area contributed by atoms with Gasteiger partial charge in [0.1, 0.15) is 0 Å². The Morgan fingerprint density at radius 3 is 2.56 bits per heavy atom. The number of nitrogens with one attached hydrogen (secondary N) is 2. The van der Waals surface area contributed by atoms with Gasteiger partial charge in [0.15, 0.2) is 5.76 Å². The molecule has 2 aromatic carbocycles. The number of aromatic nitrogens is 1. The molecule has 2 amide bonds. The van der Waals surface area contributed by atoms with Gasteiger partial charge in [-0.2, -0.15) is 4.36 Å². The van der Waals surface area contributed by atoms with Crippen LogP contribution in [0.1, 0.15) is 44.0 Å². The molecule has 0 fully saturated rings. The van der Waals surface area contributed by atoms with Crippen LogP contribution in [0.5, 0.6) is 0 Å². The lowest BCUT2D eigenvalue weighted by Crippen LogP contribution is -2.25. The number of hydrogen-bond acceptors (Lipinski definition) is 7. The summed E-state index contributed by atoms with van der Waals surface area (Å²) in [5.41, 5.74) is 2.58. The number of carbonyl (C=O) groups excluding carboxylic acids is 2. The molecule has 0 spiro atoms. The van der Waals surface area contributed by atoms with Gasteiger partial charge in [0.25, 0.3) is 11.8 Å². The molecule has 1 atom stereocenters. The molecule has 0 saturated heterocycles. The SMILES string of the molecule is Cc1ccoc1C(=O)Nc1cccc(C#Cc2cncc(C(=O)N=S(=O)(CCNCCCO)c3ccccc3)c2)c1. The molecular formula is C31H30N4O5S. The molecule has 9 nitrogen and oxygen atoms in total. The van der Waals surface area contributed by atoms with E-state index in [-0.39, 0.29) is 29.6 Å². The quantitative estimate of drug-likeness (QED) is 0.191. The normalized spacial score (nSPS) is 12.0. The van der Waals surface area contributed by atoms with Crippen LogP contribution in [0.25, 0.3) is 0 Å². The Morgan fingerprint density at radius 1 is 1.00 bits per heavy atom. The lowest BCUT2D eigenvalue weighted by molar-refractivity contribution is 0.0991. The highest BCUT2D eigenvalue weighted by atomic mass is 32.2. The number of rotatable bonds is 10. The van der Waals surface area contributed by atoms with Gasteiger partial charge in [0.05, 0.1) is 21.6 Å². The Labute approximate surface area is 239 Å². The number of furan rings is 1. The monoisotopic (exact) mass is 570 g/mol. The molecule has 2 aromatic heterocycles. The number of benzene rings is 2. The Bertz CT molecular complexity index is 1700. The molecule has 4 rings (SSSR count). The Kier molecular flexibility index (Phi) is 10.2. The highest BCUT2D eigenvalue weighted by Crippen LogP contribution is 2.17. The van der Waals surface area contributed by atoms with Crippen molar-refractivity contribution in [2.24, 2.45) is 4.36 Å². The van der Waals surface area contributed by atoms with Crippen LogP contribution in [0.2, 0.25) is 0 Å². The third-order valence-electron chi connectivity index (χ3n) is 5.93. The first-order chi connectivity index (χ1) is 19.9. The van der Waals surface area contributed by atoms with Gasteiger partial charge >= 0.3 is 0 Å². The summed E-state index contributed by atoms with van der Waals surface area (Å²) in [5.74, 6) is 5.37. The number of pyridine rings is 1. The van der Waals surface area contributed by atoms with Crippen LogP contribution < -0.4 is 10.6 Å². The number of nitrogens with zero attached hydrogens (tertiary/aromatic N) is 2. The van der Waals surface area contributed by atoms with Crippen LogP contribution in [0.15, 0.2) is 99.1 Å². The molecule has 3 N–H and O–H groups in total. The smallest absolute Gasteiger partial charge is 0.291 e. The minimum absolute atomic E-state index is 0.0592. The van der Waals surface area contributed by atoms with Crippen molar-refractivity contribution in [2.45, 2.75) is 18.2 Å². The van der Waals surface area contributed by atoms with Crippen molar-refractivity contribution in [3.63, 3.8) is 0 Å². The summed E-state index contributed by atoms with van der Waals surface area (Å²) >= 11 is 0. The number of aliphatic hydroxyl groups excluding tert-OH is 1. The third-order valence-corrected chi connectivity index (χ3v) is 8.16. The highest BCUT2D eigenvalue weighted by Gasteiger charge is 2.17. The summed E-state index contributed by atoms with van der Waals surface area (Å²) in [5, 5.41) is 14.9. The predicted molar refractivity (Wildman–Crippen MR) is 157 cm³/mol. The summed E-state index contributed by atoms with van der Waals surface area (Å²) in [6, 6.07) is 19.0. The summed E-state index contributed by atoms with van der Waals surface area (Å²) in [6.45, 7) is 2.79. The van der Waals surface area contributed by atoms with E-state index in [9.17, 15) is 13.8 Å². The summed E-state index contributed by atoms with van der Waals surface area (Å²) in [7, 11) is -3.06. The van der Waals surface area contributed by atoms with Crippen molar-refractivity contribution >= 4 is 27.2 Å². The molecule has 0 aliphatic carbocycles. The molecule has 0 saturated carbocycles. The second-order valence-electron chi connectivity index (χ2n) is 9.06. The van der Waals surface area contributed by atoms with Crippen LogP contribution in [0.4, 0.5) is 5.69 Å². The van der Waals surface area contributed by atoms with Gasteiger partial charge in [-0.05, 0) is 62.4 Å². The van der Waals surface area contributed by atoms with E-state index in [1.807, 2.05) is 0 Å². The van der Waals surface area contributed by atoms with Crippen LogP contribution >= 0.6 is 0 Å². The molecule has 4 aromatic rings. The van der Waals surface area contributed by atoms with E-state index in [2.05, 4.69) is 31.8 Å². The molecule has 10 heteroatoms. The van der Waals surface area contributed by atoms with Crippen LogP contribution in [-0.2, 0) is 9.73 Å². The molecule has 0 radical (unpaired) electrons. The molecule has 210 valence electrons. The van der Waals surface area contributed by atoms with E-state index in [4.69, 9.17) is 9.52 Å². The molecule has 1 unspecified atom stereocenters. The standard InChI is InChI=1S/C31H30N4O5S/c1-23-13-17-40-29(23)31(38)34-27-8-5-7-24(20-27)11-12-25-19-26(22-33-21-25)30(37)35-41(39,18-15-32-14-6-16-36)28-9-3-2-4-10-28/h2-5,7-10,13,17,19-22,32,36H,6,14-16,18H2,1H3,(H,34,38). The van der Waals surface area contributed by atoms with Gasteiger partial charge in [0.2, 0.25) is 0 Å². The topological polar surface area (TPSA) is 134 Å². The van der Waals surface area contributed by atoms with E-state index in [0.717, 1.165) is 5.56 Å². The highest BCUT2D eigenvalue weighted by molar-refractivity contribution is 7.94. The van der Waals surface area contributed by atoms with Crippen molar-refractivity contribution in [3.05, 3.63) is 113 Å². The number of carbonyl (C=O) groups is 2. The Morgan fingerprint density at radius 2 is 1.80 bits per heavy atom. The lowest BCUT2D eigenvalue weighted by Gasteiger charge is -2.11. The van der Waals surface area contributed by atoms with E-state index < -0.39 is 15.6 Å². The van der Waals surface area contributed by atoms with E-state index in [1.165, 1.54) is 18.7 Å². The molecular weight excluding hydrogens is 540 g/mol. The van der Waals surface area contributed by atoms with Crippen LogP contribution in [0.3, 0.4) is 0 Å². The van der Waals surface area contributed by atoms with E-state index in [0.29, 0.717) is 41.2 Å². The largest absolute Gasteiger partial charge is 0.459 e. The van der Waals surface area contributed by atoms with Gasteiger partial charge < -0.3 is 20.2 Å². The zero-order chi connectivity index (χ0) is 29.1. The van der Waals surface area contributed by atoms with E-state index in [1.54, 1.807) is 73.7 Å². The predicted octanol–water partition coefficient (Wildman–Crippen LogP) is 4.27. The van der Waals surface area contributed by atoms with Crippen molar-refractivity contribution in [1.82, 2.24) is 10.3 Å². The summed E-state index contributed by atoms with van der Waals surface area (Å²) in [4.78, 5) is 30.2. The second kappa shape index (κ2) is 14.2. The molecule has 0 bridgehead atoms. The lowest BCUT2D eigenvalue weighted by atomic mass is 10.1. The maximum Gasteiger partial charge on any atom is 0.291 e. The van der Waals surface area contributed by atoms with Crippen LogP contribution in [-0.4, -0.2) is 51.6 Å². The second-order valence-corrected chi connectivity index (χ2v) is 11.4. The number of amides is 2.